The Labute approximate surface area is 80.9 Å². The second kappa shape index (κ2) is 7.10. The Hall–Kier alpha value is -1.25. The molecule has 15 heavy (non-hydrogen) atoms. The van der Waals surface area contributed by atoms with Crippen molar-refractivity contribution in [1.29, 1.82) is 0 Å². The fourth-order valence-electron chi connectivity index (χ4n) is 0.251. The van der Waals surface area contributed by atoms with Crippen LogP contribution in [0.1, 0.15) is 6.42 Å². The molecule has 0 fully saturated rings. The molecule has 0 heterocycles. The molecule has 0 unspecified atom stereocenters. The molecule has 0 rings (SSSR count). The third-order valence-electron chi connectivity index (χ3n) is 0.877. The molecule has 0 saturated carbocycles. The Morgan fingerprint density at radius 3 is 1.67 bits per heavy atom. The van der Waals surface area contributed by atoms with Gasteiger partial charge in [-0.3, -0.25) is 4.79 Å². The summed E-state index contributed by atoms with van der Waals surface area (Å²) in [6.45, 7) is 0.00315. The second-order valence-corrected chi connectivity index (χ2v) is 2.11. The van der Waals surface area contributed by atoms with Gasteiger partial charge >= 0.3 is 12.1 Å². The number of rotatable bonds is 3. The Morgan fingerprint density at radius 1 is 1.27 bits per heavy atom. The molecule has 0 spiro atoms. The Bertz CT molecular complexity index is 215. The van der Waals surface area contributed by atoms with Crippen LogP contribution in [0.5, 0.6) is 0 Å². The summed E-state index contributed by atoms with van der Waals surface area (Å²) in [5.74, 6) is -3.83. The van der Waals surface area contributed by atoms with E-state index in [0.29, 0.717) is 0 Å². The molecule has 0 radical (unpaired) electrons. The van der Waals surface area contributed by atoms with Crippen LogP contribution in [0.4, 0.5) is 22.0 Å². The van der Waals surface area contributed by atoms with Crippen LogP contribution in [0.3, 0.4) is 0 Å². The van der Waals surface area contributed by atoms with Crippen molar-refractivity contribution in [3.63, 3.8) is 0 Å². The highest BCUT2D eigenvalue weighted by Crippen LogP contribution is 2.13. The number of hydrogen-bond donors (Lipinski definition) is 2. The number of carbonyl (C=O) groups excluding carboxylic acids is 1. The zero-order valence-electron chi connectivity index (χ0n) is 7.22. The molecular formula is C6H8F5NO3. The van der Waals surface area contributed by atoms with Crippen molar-refractivity contribution in [3.05, 3.63) is 0 Å². The highest BCUT2D eigenvalue weighted by molar-refractivity contribution is 5.81. The lowest BCUT2D eigenvalue weighted by atomic mass is 10.3. The highest BCUT2D eigenvalue weighted by Gasteiger charge is 2.38. The van der Waals surface area contributed by atoms with E-state index in [1.165, 1.54) is 0 Å². The smallest absolute Gasteiger partial charge is 0.475 e. The molecule has 9 heteroatoms. The summed E-state index contributed by atoms with van der Waals surface area (Å²) in [7, 11) is 0. The van der Waals surface area contributed by atoms with Gasteiger partial charge in [0.15, 0.2) is 5.78 Å². The monoisotopic (exact) mass is 237 g/mol. The lowest BCUT2D eigenvalue weighted by Gasteiger charge is -1.93. The molecule has 0 saturated heterocycles. The molecule has 0 aliphatic rings. The molecule has 0 aromatic heterocycles. The van der Waals surface area contributed by atoms with Crippen LogP contribution in [0.2, 0.25) is 0 Å². The first-order chi connectivity index (χ1) is 6.62. The van der Waals surface area contributed by atoms with Gasteiger partial charge in [-0.2, -0.15) is 13.2 Å². The van der Waals surface area contributed by atoms with Gasteiger partial charge < -0.3 is 10.8 Å². The normalized spacial score (nSPS) is 10.6. The lowest BCUT2D eigenvalue weighted by Crippen LogP contribution is -2.21. The number of alkyl halides is 5. The Morgan fingerprint density at radius 2 is 1.60 bits per heavy atom. The van der Waals surface area contributed by atoms with Crippen LogP contribution in [-0.4, -0.2) is 36.0 Å². The van der Waals surface area contributed by atoms with E-state index in [9.17, 15) is 26.7 Å². The molecule has 0 bridgehead atoms. The van der Waals surface area contributed by atoms with Crippen LogP contribution < -0.4 is 5.73 Å². The van der Waals surface area contributed by atoms with Crippen LogP contribution in [0, 0.1) is 0 Å². The van der Waals surface area contributed by atoms with Crippen LogP contribution in [0.25, 0.3) is 0 Å². The van der Waals surface area contributed by atoms with E-state index in [2.05, 4.69) is 0 Å². The largest absolute Gasteiger partial charge is 0.490 e. The Balaban J connectivity index is 0. The van der Waals surface area contributed by atoms with Crippen molar-refractivity contribution in [2.75, 3.05) is 6.54 Å². The SMILES string of the molecule is NCCC(=O)C(F)F.O=C(O)C(F)(F)F. The third-order valence-corrected chi connectivity index (χ3v) is 0.877. The first kappa shape index (κ1) is 16.2. The first-order valence-corrected chi connectivity index (χ1v) is 3.44. The average molecular weight is 237 g/mol. The van der Waals surface area contributed by atoms with Gasteiger partial charge in [0.2, 0.25) is 0 Å². The van der Waals surface area contributed by atoms with Crippen LogP contribution in [0.15, 0.2) is 0 Å². The van der Waals surface area contributed by atoms with Crippen molar-refractivity contribution < 1.29 is 36.6 Å². The maximum Gasteiger partial charge on any atom is 0.490 e. The Kier molecular flexibility index (Phi) is 7.66. The van der Waals surface area contributed by atoms with Gasteiger partial charge in [-0.05, 0) is 6.54 Å². The van der Waals surface area contributed by atoms with Crippen molar-refractivity contribution in [2.24, 2.45) is 5.73 Å². The summed E-state index contributed by atoms with van der Waals surface area (Å²) in [5, 5.41) is 7.12. The molecule has 0 aliphatic heterocycles. The molecule has 0 aromatic rings. The minimum Gasteiger partial charge on any atom is -0.475 e. The molecule has 0 amide bonds. The molecule has 3 N–H and O–H groups in total. The molecule has 0 aromatic carbocycles. The predicted octanol–water partition coefficient (Wildman–Crippen LogP) is 0.803. The zero-order valence-corrected chi connectivity index (χ0v) is 7.22. The minimum atomic E-state index is -5.08. The van der Waals surface area contributed by atoms with E-state index in [-0.39, 0.29) is 13.0 Å². The van der Waals surface area contributed by atoms with Gasteiger partial charge in [0.1, 0.15) is 0 Å². The zero-order chi connectivity index (χ0) is 12.6. The van der Waals surface area contributed by atoms with E-state index >= 15 is 0 Å². The van der Waals surface area contributed by atoms with Gasteiger partial charge in [0, 0.05) is 6.42 Å². The number of carbonyl (C=O) groups is 2. The summed E-state index contributed by atoms with van der Waals surface area (Å²) >= 11 is 0. The minimum absolute atomic E-state index is 0.00315. The molecule has 0 atom stereocenters. The van der Waals surface area contributed by atoms with Crippen molar-refractivity contribution in [3.8, 4) is 0 Å². The first-order valence-electron chi connectivity index (χ1n) is 3.44. The summed E-state index contributed by atoms with van der Waals surface area (Å²) in [6, 6.07) is 0. The van der Waals surface area contributed by atoms with E-state index in [4.69, 9.17) is 15.6 Å². The highest BCUT2D eigenvalue weighted by atomic mass is 19.4. The number of halogens is 5. The van der Waals surface area contributed by atoms with Gasteiger partial charge in [-0.15, -0.1) is 0 Å². The van der Waals surface area contributed by atoms with Gasteiger partial charge in [-0.1, -0.05) is 0 Å². The topological polar surface area (TPSA) is 80.4 Å². The number of hydrogen-bond acceptors (Lipinski definition) is 3. The van der Waals surface area contributed by atoms with Gasteiger partial charge in [0.05, 0.1) is 0 Å². The third kappa shape index (κ3) is 10.7. The standard InChI is InChI=1S/C4H7F2NO.C2HF3O2/c5-4(6)3(8)1-2-7;3-2(4,5)1(6)7/h4H,1-2,7H2;(H,6,7). The van der Waals surface area contributed by atoms with Gasteiger partial charge in [0.25, 0.3) is 6.43 Å². The maximum atomic E-state index is 11.2. The molecular weight excluding hydrogens is 229 g/mol. The fourth-order valence-corrected chi connectivity index (χ4v) is 0.251. The second-order valence-electron chi connectivity index (χ2n) is 2.11. The summed E-state index contributed by atoms with van der Waals surface area (Å²) in [4.78, 5) is 18.8. The molecule has 4 nitrogen and oxygen atoms in total. The van der Waals surface area contributed by atoms with Crippen LogP contribution in [-0.2, 0) is 9.59 Å². The number of Topliss-reactive ketones (excluding diaryl/α,β-unsaturated/α-hetero) is 1. The number of nitrogens with two attached hydrogens (primary N) is 1. The maximum absolute atomic E-state index is 11.2. The van der Waals surface area contributed by atoms with Crippen molar-refractivity contribution in [1.82, 2.24) is 0 Å². The van der Waals surface area contributed by atoms with Crippen molar-refractivity contribution >= 4 is 11.8 Å². The number of aliphatic carboxylic acids is 1. The van der Waals surface area contributed by atoms with E-state index in [1.54, 1.807) is 0 Å². The number of carboxylic acids is 1. The summed E-state index contributed by atoms with van der Waals surface area (Å²) in [5.41, 5.74) is 4.81. The van der Waals surface area contributed by atoms with E-state index in [1.807, 2.05) is 0 Å². The van der Waals surface area contributed by atoms with E-state index in [0.717, 1.165) is 0 Å². The summed E-state index contributed by atoms with van der Waals surface area (Å²) in [6.07, 6.45) is -8.16. The average Bonchev–Trinajstić information content (AvgIpc) is 2.03. The number of carboxylic acid groups (broad SMARTS) is 1. The quantitative estimate of drug-likeness (QED) is 0.711. The lowest BCUT2D eigenvalue weighted by molar-refractivity contribution is -0.192. The predicted molar refractivity (Wildman–Crippen MR) is 38.4 cm³/mol. The summed E-state index contributed by atoms with van der Waals surface area (Å²) < 4.78 is 54.2. The fraction of sp³-hybridized carbons (Fsp3) is 0.667. The molecule has 0 aliphatic carbocycles. The number of ketones is 1. The van der Waals surface area contributed by atoms with Crippen LogP contribution >= 0.6 is 0 Å². The van der Waals surface area contributed by atoms with Crippen molar-refractivity contribution in [2.45, 2.75) is 19.0 Å². The molecule has 90 valence electrons. The van der Waals surface area contributed by atoms with E-state index < -0.39 is 24.4 Å². The van der Waals surface area contributed by atoms with Gasteiger partial charge in [-0.25, -0.2) is 13.6 Å².